The minimum Gasteiger partial charge on any atom is -0.404 e. The van der Waals surface area contributed by atoms with E-state index in [0.29, 0.717) is 14.6 Å². The number of anilines is 3. The number of nitrogens with one attached hydrogen (secondary N) is 1. The van der Waals surface area contributed by atoms with Gasteiger partial charge in [0.15, 0.2) is 10.9 Å². The number of rotatable bonds is 3. The van der Waals surface area contributed by atoms with Crippen LogP contribution >= 0.6 is 27.3 Å². The summed E-state index contributed by atoms with van der Waals surface area (Å²) in [6, 6.07) is 4.25. The van der Waals surface area contributed by atoms with Gasteiger partial charge < -0.3 is 15.8 Å². The highest BCUT2D eigenvalue weighted by Crippen LogP contribution is 2.35. The standard InChI is InChI=1S/C10H7BrF3N3OS/c11-5-1-2-6(7(3-5)18-10(12,13)14)17-9-16-4-8(15)19-9/h1-4H,15H2,(H,16,17). The van der Waals surface area contributed by atoms with E-state index >= 15 is 0 Å². The monoisotopic (exact) mass is 353 g/mol. The van der Waals surface area contributed by atoms with Gasteiger partial charge in [0, 0.05) is 4.47 Å². The molecule has 102 valence electrons. The highest BCUT2D eigenvalue weighted by molar-refractivity contribution is 9.10. The van der Waals surface area contributed by atoms with Gasteiger partial charge in [-0.15, -0.1) is 13.2 Å². The lowest BCUT2D eigenvalue weighted by atomic mass is 10.3. The third-order valence-electron chi connectivity index (χ3n) is 1.93. The molecule has 2 aromatic rings. The number of hydrogen-bond acceptors (Lipinski definition) is 5. The SMILES string of the molecule is Nc1cnc(Nc2ccc(Br)cc2OC(F)(F)F)s1. The molecule has 1 heterocycles. The maximum absolute atomic E-state index is 12.3. The molecule has 0 bridgehead atoms. The Hall–Kier alpha value is -1.48. The molecule has 0 radical (unpaired) electrons. The molecule has 0 spiro atoms. The summed E-state index contributed by atoms with van der Waals surface area (Å²) in [5.74, 6) is -0.351. The molecule has 2 rings (SSSR count). The first-order valence-corrected chi connectivity index (χ1v) is 6.48. The van der Waals surface area contributed by atoms with Gasteiger partial charge >= 0.3 is 6.36 Å². The third-order valence-corrected chi connectivity index (χ3v) is 3.17. The quantitative estimate of drug-likeness (QED) is 0.870. The number of thiazole rings is 1. The number of benzene rings is 1. The van der Waals surface area contributed by atoms with Crippen molar-refractivity contribution in [2.45, 2.75) is 6.36 Å². The molecule has 1 aromatic heterocycles. The maximum atomic E-state index is 12.3. The van der Waals surface area contributed by atoms with Crippen LogP contribution in [0.25, 0.3) is 0 Å². The van der Waals surface area contributed by atoms with Crippen molar-refractivity contribution < 1.29 is 17.9 Å². The zero-order valence-corrected chi connectivity index (χ0v) is 11.6. The average molecular weight is 354 g/mol. The lowest BCUT2D eigenvalue weighted by Gasteiger charge is -2.13. The Labute approximate surface area is 118 Å². The minimum absolute atomic E-state index is 0.148. The van der Waals surface area contributed by atoms with Crippen molar-refractivity contribution in [2.75, 3.05) is 11.1 Å². The Morgan fingerprint density at radius 2 is 2.11 bits per heavy atom. The van der Waals surface area contributed by atoms with Crippen LogP contribution in [0.3, 0.4) is 0 Å². The van der Waals surface area contributed by atoms with Crippen molar-refractivity contribution >= 4 is 43.1 Å². The molecule has 4 nitrogen and oxygen atoms in total. The van der Waals surface area contributed by atoms with E-state index in [4.69, 9.17) is 5.73 Å². The Morgan fingerprint density at radius 1 is 1.37 bits per heavy atom. The topological polar surface area (TPSA) is 60.2 Å². The van der Waals surface area contributed by atoms with Gasteiger partial charge in [-0.3, -0.25) is 0 Å². The highest BCUT2D eigenvalue weighted by atomic mass is 79.9. The van der Waals surface area contributed by atoms with E-state index in [9.17, 15) is 13.2 Å². The van der Waals surface area contributed by atoms with E-state index in [-0.39, 0.29) is 11.4 Å². The molecule has 1 aromatic carbocycles. The molecule has 0 saturated carbocycles. The van der Waals surface area contributed by atoms with E-state index in [1.807, 2.05) is 0 Å². The van der Waals surface area contributed by atoms with Crippen LogP contribution in [-0.2, 0) is 0 Å². The summed E-state index contributed by atoms with van der Waals surface area (Å²) in [5.41, 5.74) is 5.64. The number of nitrogens with two attached hydrogens (primary N) is 1. The molecule has 0 aliphatic rings. The first kappa shape index (κ1) is 13.9. The van der Waals surface area contributed by atoms with Gasteiger partial charge in [-0.1, -0.05) is 27.3 Å². The lowest BCUT2D eigenvalue weighted by Crippen LogP contribution is -2.17. The number of nitrogens with zero attached hydrogens (tertiary/aromatic N) is 1. The van der Waals surface area contributed by atoms with Gasteiger partial charge in [0.25, 0.3) is 0 Å². The average Bonchev–Trinajstić information content (AvgIpc) is 2.66. The van der Waals surface area contributed by atoms with Crippen molar-refractivity contribution in [2.24, 2.45) is 0 Å². The molecule has 19 heavy (non-hydrogen) atoms. The highest BCUT2D eigenvalue weighted by Gasteiger charge is 2.32. The maximum Gasteiger partial charge on any atom is 0.573 e. The minimum atomic E-state index is -4.76. The Kier molecular flexibility index (Phi) is 3.85. The van der Waals surface area contributed by atoms with Crippen LogP contribution < -0.4 is 15.8 Å². The summed E-state index contributed by atoms with van der Waals surface area (Å²) in [6.07, 6.45) is -3.35. The predicted octanol–water partition coefficient (Wildman–Crippen LogP) is 4.13. The molecule has 0 aliphatic carbocycles. The molecule has 9 heteroatoms. The van der Waals surface area contributed by atoms with Crippen LogP contribution in [0.5, 0.6) is 5.75 Å². The zero-order valence-electron chi connectivity index (χ0n) is 9.16. The molecule has 0 amide bonds. The summed E-state index contributed by atoms with van der Waals surface area (Å²) in [5, 5.41) is 3.56. The first-order chi connectivity index (χ1) is 8.83. The van der Waals surface area contributed by atoms with E-state index < -0.39 is 6.36 Å². The summed E-state index contributed by atoms with van der Waals surface area (Å²) in [4.78, 5) is 3.90. The second kappa shape index (κ2) is 5.25. The fourth-order valence-corrected chi connectivity index (χ4v) is 2.20. The molecule has 3 N–H and O–H groups in total. The van der Waals surface area contributed by atoms with Gasteiger partial charge in [0.1, 0.15) is 5.00 Å². The number of nitrogen functional groups attached to an aromatic ring is 1. The second-order valence-electron chi connectivity index (χ2n) is 3.38. The fraction of sp³-hybridized carbons (Fsp3) is 0.100. The van der Waals surface area contributed by atoms with Crippen molar-refractivity contribution in [1.82, 2.24) is 4.98 Å². The van der Waals surface area contributed by atoms with Gasteiger partial charge in [0.05, 0.1) is 11.9 Å². The van der Waals surface area contributed by atoms with Crippen molar-refractivity contribution in [3.05, 3.63) is 28.9 Å². The molecule has 0 aliphatic heterocycles. The normalized spacial score (nSPS) is 11.4. The Balaban J connectivity index is 2.28. The summed E-state index contributed by atoms with van der Waals surface area (Å²) in [6.45, 7) is 0. The zero-order chi connectivity index (χ0) is 14.0. The Bertz CT molecular complexity index is 588. The van der Waals surface area contributed by atoms with Crippen LogP contribution in [-0.4, -0.2) is 11.3 Å². The second-order valence-corrected chi connectivity index (χ2v) is 5.36. The predicted molar refractivity (Wildman–Crippen MR) is 70.6 cm³/mol. The van der Waals surface area contributed by atoms with Crippen molar-refractivity contribution in [3.63, 3.8) is 0 Å². The fourth-order valence-electron chi connectivity index (χ4n) is 1.27. The van der Waals surface area contributed by atoms with Crippen molar-refractivity contribution in [1.29, 1.82) is 0 Å². The smallest absolute Gasteiger partial charge is 0.404 e. The van der Waals surface area contributed by atoms with Crippen molar-refractivity contribution in [3.8, 4) is 5.75 Å². The van der Waals surface area contributed by atoms with E-state index in [2.05, 4.69) is 31.0 Å². The van der Waals surface area contributed by atoms with Gasteiger partial charge in [0.2, 0.25) is 0 Å². The van der Waals surface area contributed by atoms with Crippen LogP contribution in [0, 0.1) is 0 Å². The van der Waals surface area contributed by atoms with Crippen LogP contribution in [0.1, 0.15) is 0 Å². The van der Waals surface area contributed by atoms with E-state index in [0.717, 1.165) is 11.3 Å². The summed E-state index contributed by atoms with van der Waals surface area (Å²) in [7, 11) is 0. The molecular weight excluding hydrogens is 347 g/mol. The van der Waals surface area contributed by atoms with Crippen LogP contribution in [0.4, 0.5) is 29.0 Å². The molecular formula is C10H7BrF3N3OS. The molecule has 0 fully saturated rings. The molecule has 0 saturated heterocycles. The van der Waals surface area contributed by atoms with Crippen LogP contribution in [0.2, 0.25) is 0 Å². The number of alkyl halides is 3. The molecule has 0 unspecified atom stereocenters. The van der Waals surface area contributed by atoms with Gasteiger partial charge in [-0.25, -0.2) is 4.98 Å². The number of aromatic nitrogens is 1. The summed E-state index contributed by atoms with van der Waals surface area (Å²) < 4.78 is 41.3. The third kappa shape index (κ3) is 4.00. The number of ether oxygens (including phenoxy) is 1. The molecule has 0 atom stereocenters. The van der Waals surface area contributed by atoms with E-state index in [1.165, 1.54) is 18.3 Å². The Morgan fingerprint density at radius 3 is 2.68 bits per heavy atom. The van der Waals surface area contributed by atoms with Crippen LogP contribution in [0.15, 0.2) is 28.9 Å². The lowest BCUT2D eigenvalue weighted by molar-refractivity contribution is -0.274. The number of hydrogen-bond donors (Lipinski definition) is 2. The largest absolute Gasteiger partial charge is 0.573 e. The first-order valence-electron chi connectivity index (χ1n) is 4.87. The number of halogens is 4. The summed E-state index contributed by atoms with van der Waals surface area (Å²) >= 11 is 4.21. The van der Waals surface area contributed by atoms with Gasteiger partial charge in [-0.05, 0) is 18.2 Å². The van der Waals surface area contributed by atoms with Gasteiger partial charge in [-0.2, -0.15) is 0 Å². The van der Waals surface area contributed by atoms with E-state index in [1.54, 1.807) is 6.07 Å².